The number of alkyl halides is 6. The first-order chi connectivity index (χ1) is 41.3. The molecule has 0 radical (unpaired) electrons. The molecule has 4 aromatic rings. The number of ether oxygens (including phenoxy) is 5. The number of carbonyl (C=O) groups is 3. The van der Waals surface area contributed by atoms with Crippen LogP contribution in [-0.4, -0.2) is 165 Å². The molecule has 6 aliphatic heterocycles. The smallest absolute Gasteiger partial charge is 0.416 e. The van der Waals surface area contributed by atoms with Crippen LogP contribution in [-0.2, 0) is 49.1 Å². The van der Waals surface area contributed by atoms with Gasteiger partial charge >= 0.3 is 30.6 Å². The van der Waals surface area contributed by atoms with E-state index in [-0.39, 0.29) is 31.3 Å². The van der Waals surface area contributed by atoms with E-state index in [1.165, 1.54) is 0 Å². The summed E-state index contributed by atoms with van der Waals surface area (Å²) in [5, 5.41) is 3.37. The Morgan fingerprint density at radius 2 is 1.01 bits per heavy atom. The lowest BCUT2D eigenvalue weighted by molar-refractivity contribution is -0.138. The Kier molecular flexibility index (Phi) is 20.3. The van der Waals surface area contributed by atoms with Crippen LogP contribution in [0.2, 0.25) is 0 Å². The number of benzene rings is 2. The molecule has 0 unspecified atom stereocenters. The maximum atomic E-state index is 13.6. The molecule has 2 aromatic carbocycles. The molecular weight excluding hydrogens is 1140 g/mol. The van der Waals surface area contributed by atoms with Gasteiger partial charge in [-0.05, 0) is 136 Å². The quantitative estimate of drug-likeness (QED) is 0.0938. The van der Waals surface area contributed by atoms with Crippen molar-refractivity contribution in [3.8, 4) is 0 Å². The molecule has 18 nitrogen and oxygen atoms in total. The maximum absolute atomic E-state index is 13.6. The second-order valence-corrected chi connectivity index (χ2v) is 24.4. The summed E-state index contributed by atoms with van der Waals surface area (Å²) >= 11 is 0. The summed E-state index contributed by atoms with van der Waals surface area (Å²) in [5.74, 6) is 1.58. The normalized spacial score (nSPS) is 21.8. The average Bonchev–Trinajstić information content (AvgIpc) is 1.92. The number of pyridine rings is 2. The number of cyclic esters (lactones) is 2. The predicted octanol–water partition coefficient (Wildman–Crippen LogP) is 11.5. The molecule has 3 amide bonds. The van der Waals surface area contributed by atoms with Gasteiger partial charge in [0.05, 0.1) is 60.1 Å². The molecule has 10 rings (SSSR count). The van der Waals surface area contributed by atoms with E-state index in [1.54, 1.807) is 47.6 Å². The van der Waals surface area contributed by atoms with Crippen LogP contribution in [0.5, 0.6) is 0 Å². The van der Waals surface area contributed by atoms with Gasteiger partial charge in [-0.2, -0.15) is 26.3 Å². The van der Waals surface area contributed by atoms with Crippen molar-refractivity contribution in [1.82, 2.24) is 30.0 Å². The third-order valence-corrected chi connectivity index (χ3v) is 17.1. The largest absolute Gasteiger partial charge is 0.444 e. The monoisotopic (exact) mass is 1220 g/mol. The number of halogens is 6. The van der Waals surface area contributed by atoms with E-state index in [0.29, 0.717) is 81.4 Å². The van der Waals surface area contributed by atoms with Crippen LogP contribution < -0.4 is 24.9 Å². The van der Waals surface area contributed by atoms with Gasteiger partial charge in [0.2, 0.25) is 0 Å². The number of hydrogen-bond donors (Lipinski definition) is 1. The molecule has 4 atom stereocenters. The van der Waals surface area contributed by atoms with Crippen molar-refractivity contribution >= 4 is 41.3 Å². The first-order valence-electron chi connectivity index (χ1n) is 30.5. The molecule has 24 heteroatoms. The Hall–Kier alpha value is -6.79. The minimum absolute atomic E-state index is 0.169. The fraction of sp³-hybridized carbons (Fsp3) is 0.603. The van der Waals surface area contributed by atoms with Crippen LogP contribution in [0.15, 0.2) is 60.9 Å². The number of anilines is 4. The van der Waals surface area contributed by atoms with Crippen LogP contribution in [0.4, 0.5) is 63.7 Å². The van der Waals surface area contributed by atoms with Crippen molar-refractivity contribution in [1.29, 1.82) is 0 Å². The van der Waals surface area contributed by atoms with E-state index < -0.39 is 65.6 Å². The van der Waals surface area contributed by atoms with Crippen molar-refractivity contribution in [3.63, 3.8) is 0 Å². The number of piperazine rings is 2. The summed E-state index contributed by atoms with van der Waals surface area (Å²) in [6, 6.07) is 11.3. The van der Waals surface area contributed by atoms with Crippen molar-refractivity contribution in [3.05, 3.63) is 105 Å². The molecule has 0 bridgehead atoms. The van der Waals surface area contributed by atoms with E-state index in [4.69, 9.17) is 33.7 Å². The third kappa shape index (κ3) is 15.6. The Balaban J connectivity index is 0.000000210. The maximum Gasteiger partial charge on any atom is 0.416 e. The van der Waals surface area contributed by atoms with Crippen LogP contribution >= 0.6 is 0 Å². The number of nitrogens with one attached hydrogen (secondary N) is 1. The predicted molar refractivity (Wildman–Crippen MR) is 318 cm³/mol. The van der Waals surface area contributed by atoms with Crippen LogP contribution in [0.25, 0.3) is 0 Å². The van der Waals surface area contributed by atoms with Gasteiger partial charge in [0.25, 0.3) is 0 Å². The van der Waals surface area contributed by atoms with Gasteiger partial charge in [-0.1, -0.05) is 23.3 Å². The highest BCUT2D eigenvalue weighted by atomic mass is 19.4. The van der Waals surface area contributed by atoms with Gasteiger partial charge in [-0.3, -0.25) is 9.80 Å². The lowest BCUT2D eigenvalue weighted by atomic mass is 9.98. The van der Waals surface area contributed by atoms with Gasteiger partial charge in [-0.25, -0.2) is 24.4 Å². The molecule has 8 heterocycles. The first kappa shape index (κ1) is 64.7. The van der Waals surface area contributed by atoms with Crippen molar-refractivity contribution < 1.29 is 64.4 Å². The minimum Gasteiger partial charge on any atom is -0.444 e. The molecule has 476 valence electrons. The Labute approximate surface area is 506 Å². The third-order valence-electron chi connectivity index (χ3n) is 17.1. The number of rotatable bonds is 14. The number of aromatic nitrogens is 2. The second-order valence-electron chi connectivity index (χ2n) is 24.4. The molecule has 1 N–H and O–H groups in total. The molecule has 6 aliphatic rings. The number of nitrogens with zero attached hydrogens (tertiary/aromatic N) is 9. The van der Waals surface area contributed by atoms with E-state index in [0.717, 1.165) is 117 Å². The van der Waals surface area contributed by atoms with E-state index >= 15 is 0 Å². The highest BCUT2D eigenvalue weighted by Crippen LogP contribution is 2.42. The van der Waals surface area contributed by atoms with Crippen molar-refractivity contribution in [2.75, 3.05) is 111 Å². The summed E-state index contributed by atoms with van der Waals surface area (Å²) in [7, 11) is 0. The van der Waals surface area contributed by atoms with E-state index in [1.807, 2.05) is 46.2 Å². The zero-order chi connectivity index (χ0) is 62.5. The molecule has 0 saturated carbocycles. The number of amides is 3. The SMILES string of the molecule is CCN(c1ncc(N2CCN(C(=O)OC(C)(C)C)CC2)cc1CN1C(=O)O[C@H](c2cc(C)cc(C(F)(F)F)c2)[C@@H]1C)C1CCOCC1.CCN(c1ncc(N2CCNCC2)cc1CN1C(=O)O[C@H](c2cc(C)cc(C(F)(F)F)c2)[C@@H]1C)C1CCOCC1. The first-order valence-corrected chi connectivity index (χ1v) is 30.5. The lowest BCUT2D eigenvalue weighted by Crippen LogP contribution is -2.50. The van der Waals surface area contributed by atoms with Crippen molar-refractivity contribution in [2.24, 2.45) is 0 Å². The number of hydrogen-bond acceptors (Lipinski definition) is 15. The van der Waals surface area contributed by atoms with Gasteiger partial charge in [0.1, 0.15) is 29.4 Å². The van der Waals surface area contributed by atoms with Gasteiger partial charge in [-0.15, -0.1) is 0 Å². The van der Waals surface area contributed by atoms with Gasteiger partial charge in [0.15, 0.2) is 0 Å². The Morgan fingerprint density at radius 3 is 1.39 bits per heavy atom. The number of carbonyl (C=O) groups excluding carboxylic acids is 3. The van der Waals surface area contributed by atoms with E-state index in [9.17, 15) is 40.7 Å². The molecule has 0 aliphatic carbocycles. The fourth-order valence-corrected chi connectivity index (χ4v) is 12.6. The summed E-state index contributed by atoms with van der Waals surface area (Å²) in [6.07, 6.45) is -4.89. The highest BCUT2D eigenvalue weighted by Gasteiger charge is 2.44. The summed E-state index contributed by atoms with van der Waals surface area (Å²) in [4.78, 5) is 62.9. The molecule has 6 fully saturated rings. The molecule has 0 spiro atoms. The number of aryl methyl sites for hydroxylation is 2. The zero-order valence-electron chi connectivity index (χ0n) is 51.4. The fourth-order valence-electron chi connectivity index (χ4n) is 12.6. The van der Waals surface area contributed by atoms with E-state index in [2.05, 4.69) is 44.8 Å². The van der Waals surface area contributed by atoms with Crippen LogP contribution in [0.1, 0.15) is 131 Å². The van der Waals surface area contributed by atoms with Gasteiger partial charge in [0, 0.05) is 115 Å². The molecule has 2 aromatic heterocycles. The summed E-state index contributed by atoms with van der Waals surface area (Å²) < 4.78 is 110. The standard InChI is InChI=1S/C34H46F3N5O5.C29H38F3N5O3/c1-7-41(27-8-14-45-15-9-27)30-25(19-28(20-38-30)39-10-12-40(13-11-39)31(43)47-33(4,5)6)21-42-23(3)29(46-32(42)44)24-16-22(2)17-26(18-24)34(35,36)37;1-4-36(24-5-11-39-12-6-24)27-22(16-25(17-34-27)35-9-7-33-8-10-35)18-37-20(3)26(40-28(37)38)21-13-19(2)14-23(15-21)29(30,31)32/h16-20,23,27,29H,7-15,21H2,1-6H3;13-17,20,24,26,33H,4-12,18H2,1-3H3/t23-,29-;20-,26-/m00/s1. The molecule has 6 saturated heterocycles. The molecular formula is C63H84F6N10O8. The lowest BCUT2D eigenvalue weighted by Gasteiger charge is -2.38. The second kappa shape index (κ2) is 27.3. The minimum atomic E-state index is -4.51. The van der Waals surface area contributed by atoms with Crippen LogP contribution in [0.3, 0.4) is 0 Å². The zero-order valence-corrected chi connectivity index (χ0v) is 51.4. The van der Waals surface area contributed by atoms with Crippen LogP contribution in [0, 0.1) is 13.8 Å². The van der Waals surface area contributed by atoms with Crippen molar-refractivity contribution in [2.45, 2.75) is 155 Å². The van der Waals surface area contributed by atoms with Gasteiger partial charge < -0.3 is 53.5 Å². The summed E-state index contributed by atoms with van der Waals surface area (Å²) in [5.41, 5.74) is 3.05. The topological polar surface area (TPSA) is 158 Å². The highest BCUT2D eigenvalue weighted by molar-refractivity contribution is 5.73. The Morgan fingerprint density at radius 1 is 0.609 bits per heavy atom. The molecule has 87 heavy (non-hydrogen) atoms. The summed E-state index contributed by atoms with van der Waals surface area (Å²) in [6.45, 7) is 26.7. The Bertz CT molecular complexity index is 3030. The average molecular weight is 1220 g/mol.